The van der Waals surface area contributed by atoms with E-state index in [4.69, 9.17) is 4.74 Å². The molecular formula is C16H25NO2S. The lowest BCUT2D eigenvalue weighted by atomic mass is 9.87. The molecule has 1 N–H and O–H groups in total. The lowest BCUT2D eigenvalue weighted by Gasteiger charge is -2.34. The van der Waals surface area contributed by atoms with Gasteiger partial charge in [-0.3, -0.25) is 4.21 Å². The molecule has 0 heterocycles. The fourth-order valence-electron chi connectivity index (χ4n) is 2.93. The molecule has 0 saturated carbocycles. The molecule has 0 radical (unpaired) electrons. The van der Waals surface area contributed by atoms with Gasteiger partial charge in [0.1, 0.15) is 5.75 Å². The van der Waals surface area contributed by atoms with Gasteiger partial charge in [0.05, 0.1) is 12.4 Å². The predicted octanol–water partition coefficient (Wildman–Crippen LogP) is 2.82. The average molecular weight is 295 g/mol. The average Bonchev–Trinajstić information content (AvgIpc) is 2.50. The third-order valence-corrected chi connectivity index (χ3v) is 5.74. The first-order chi connectivity index (χ1) is 9.71. The van der Waals surface area contributed by atoms with Crippen LogP contribution in [0.5, 0.6) is 5.75 Å². The van der Waals surface area contributed by atoms with Crippen molar-refractivity contribution in [1.29, 1.82) is 0 Å². The molecule has 0 spiro atoms. The van der Waals surface area contributed by atoms with Crippen molar-refractivity contribution in [3.63, 3.8) is 0 Å². The van der Waals surface area contributed by atoms with Crippen molar-refractivity contribution >= 4 is 10.8 Å². The fraction of sp³-hybridized carbons (Fsp3) is 0.625. The van der Waals surface area contributed by atoms with E-state index >= 15 is 0 Å². The van der Waals surface area contributed by atoms with Gasteiger partial charge in [0.2, 0.25) is 0 Å². The molecule has 112 valence electrons. The van der Waals surface area contributed by atoms with Gasteiger partial charge < -0.3 is 10.1 Å². The summed E-state index contributed by atoms with van der Waals surface area (Å²) in [5, 5.41) is 3.83. The first-order valence-electron chi connectivity index (χ1n) is 7.48. The molecule has 0 aromatic heterocycles. The van der Waals surface area contributed by atoms with Crippen LogP contribution in [0, 0.1) is 0 Å². The number of hydrogen-bond acceptors (Lipinski definition) is 3. The first kappa shape index (κ1) is 15.5. The second-order valence-corrected chi connectivity index (χ2v) is 7.19. The van der Waals surface area contributed by atoms with Crippen LogP contribution < -0.4 is 10.1 Å². The largest absolute Gasteiger partial charge is 0.497 e. The summed E-state index contributed by atoms with van der Waals surface area (Å²) in [6, 6.07) is 6.49. The lowest BCUT2D eigenvalue weighted by Crippen LogP contribution is -2.39. The zero-order chi connectivity index (χ0) is 14.5. The van der Waals surface area contributed by atoms with Crippen molar-refractivity contribution in [3.8, 4) is 5.75 Å². The Hall–Kier alpha value is -0.870. The predicted molar refractivity (Wildman–Crippen MR) is 84.8 cm³/mol. The van der Waals surface area contributed by atoms with Crippen molar-refractivity contribution in [1.82, 2.24) is 5.32 Å². The SMILES string of the molecule is CCCNC1c2ccc(OC)cc2CCC1S(=O)CC. The second-order valence-electron chi connectivity index (χ2n) is 5.24. The highest BCUT2D eigenvalue weighted by Gasteiger charge is 2.32. The van der Waals surface area contributed by atoms with Crippen LogP contribution in [0.3, 0.4) is 0 Å². The van der Waals surface area contributed by atoms with Crippen LogP contribution in [0.2, 0.25) is 0 Å². The topological polar surface area (TPSA) is 38.3 Å². The maximum absolute atomic E-state index is 12.3. The van der Waals surface area contributed by atoms with Gasteiger partial charge in [-0.05, 0) is 49.1 Å². The summed E-state index contributed by atoms with van der Waals surface area (Å²) in [5.41, 5.74) is 2.64. The highest BCUT2D eigenvalue weighted by atomic mass is 32.2. The number of benzene rings is 1. The Morgan fingerprint density at radius 2 is 2.20 bits per heavy atom. The molecule has 0 fully saturated rings. The van der Waals surface area contributed by atoms with E-state index in [1.807, 2.05) is 13.0 Å². The lowest BCUT2D eigenvalue weighted by molar-refractivity contribution is 0.411. The summed E-state index contributed by atoms with van der Waals surface area (Å²) in [7, 11) is 0.946. The van der Waals surface area contributed by atoms with Gasteiger partial charge in [-0.25, -0.2) is 0 Å². The Morgan fingerprint density at radius 1 is 1.40 bits per heavy atom. The number of aryl methyl sites for hydroxylation is 1. The molecule has 3 unspecified atom stereocenters. The zero-order valence-electron chi connectivity index (χ0n) is 12.6. The maximum Gasteiger partial charge on any atom is 0.119 e. The third-order valence-electron chi connectivity index (χ3n) is 3.99. The van der Waals surface area contributed by atoms with E-state index < -0.39 is 10.8 Å². The molecule has 2 rings (SSSR count). The number of rotatable bonds is 6. The molecule has 0 aliphatic heterocycles. The molecule has 3 nitrogen and oxygen atoms in total. The van der Waals surface area contributed by atoms with Crippen molar-refractivity contribution < 1.29 is 8.95 Å². The highest BCUT2D eigenvalue weighted by Crippen LogP contribution is 2.35. The summed E-state index contributed by atoms with van der Waals surface area (Å²) >= 11 is 0. The van der Waals surface area contributed by atoms with Gasteiger partial charge in [0, 0.05) is 22.6 Å². The molecule has 20 heavy (non-hydrogen) atoms. The maximum atomic E-state index is 12.3. The minimum absolute atomic E-state index is 0.213. The Kier molecular flexibility index (Phi) is 5.61. The third kappa shape index (κ3) is 3.23. The first-order valence-corrected chi connectivity index (χ1v) is 8.86. The standard InChI is InChI=1S/C16H25NO2S/c1-4-10-17-16-14-8-7-13(19-3)11-12(14)6-9-15(16)20(18)5-2/h7-8,11,15-17H,4-6,9-10H2,1-3H3. The van der Waals surface area contributed by atoms with Crippen LogP contribution in [0.4, 0.5) is 0 Å². The molecule has 4 heteroatoms. The van der Waals surface area contributed by atoms with Crippen LogP contribution in [-0.4, -0.2) is 28.9 Å². The minimum atomic E-state index is -0.755. The van der Waals surface area contributed by atoms with Gasteiger partial charge in [-0.1, -0.05) is 19.9 Å². The highest BCUT2D eigenvalue weighted by molar-refractivity contribution is 7.85. The molecule has 0 saturated heterocycles. The summed E-state index contributed by atoms with van der Waals surface area (Å²) < 4.78 is 17.6. The normalized spacial score (nSPS) is 23.1. The van der Waals surface area contributed by atoms with E-state index in [-0.39, 0.29) is 11.3 Å². The molecule has 0 bridgehead atoms. The van der Waals surface area contributed by atoms with Crippen LogP contribution in [-0.2, 0) is 17.2 Å². The van der Waals surface area contributed by atoms with E-state index in [2.05, 4.69) is 24.4 Å². The number of fused-ring (bicyclic) bond motifs is 1. The zero-order valence-corrected chi connectivity index (χ0v) is 13.5. The van der Waals surface area contributed by atoms with E-state index in [1.54, 1.807) is 7.11 Å². The van der Waals surface area contributed by atoms with Crippen LogP contribution >= 0.6 is 0 Å². The van der Waals surface area contributed by atoms with Gasteiger partial charge in [-0.2, -0.15) is 0 Å². The summed E-state index contributed by atoms with van der Waals surface area (Å²) in [5.74, 6) is 1.65. The summed E-state index contributed by atoms with van der Waals surface area (Å²) in [4.78, 5) is 0. The molecule has 1 aliphatic carbocycles. The quantitative estimate of drug-likeness (QED) is 0.877. The van der Waals surface area contributed by atoms with Gasteiger partial charge in [-0.15, -0.1) is 0 Å². The molecule has 3 atom stereocenters. The Labute approximate surface area is 124 Å². The van der Waals surface area contributed by atoms with Crippen molar-refractivity contribution in [2.75, 3.05) is 19.4 Å². The molecule has 1 aliphatic rings. The Morgan fingerprint density at radius 3 is 2.85 bits per heavy atom. The van der Waals surface area contributed by atoms with Crippen molar-refractivity contribution in [2.45, 2.75) is 44.4 Å². The van der Waals surface area contributed by atoms with Gasteiger partial charge >= 0.3 is 0 Å². The van der Waals surface area contributed by atoms with Gasteiger partial charge in [0.15, 0.2) is 0 Å². The van der Waals surface area contributed by atoms with Crippen molar-refractivity contribution in [2.24, 2.45) is 0 Å². The molecular weight excluding hydrogens is 270 g/mol. The van der Waals surface area contributed by atoms with E-state index in [1.165, 1.54) is 11.1 Å². The summed E-state index contributed by atoms with van der Waals surface area (Å²) in [6.45, 7) is 5.14. The number of hydrogen-bond donors (Lipinski definition) is 1. The minimum Gasteiger partial charge on any atom is -0.497 e. The van der Waals surface area contributed by atoms with E-state index in [9.17, 15) is 4.21 Å². The molecule has 0 amide bonds. The van der Waals surface area contributed by atoms with Crippen LogP contribution in [0.25, 0.3) is 0 Å². The van der Waals surface area contributed by atoms with E-state index in [0.717, 1.165) is 37.3 Å². The number of ether oxygens (including phenoxy) is 1. The monoisotopic (exact) mass is 295 g/mol. The Bertz CT molecular complexity index is 476. The fourth-order valence-corrected chi connectivity index (χ4v) is 4.29. The van der Waals surface area contributed by atoms with Crippen LogP contribution in [0.15, 0.2) is 18.2 Å². The molecule has 1 aromatic carbocycles. The van der Waals surface area contributed by atoms with Crippen LogP contribution in [0.1, 0.15) is 43.9 Å². The summed E-state index contributed by atoms with van der Waals surface area (Å²) in [6.07, 6.45) is 3.07. The molecule has 1 aromatic rings. The number of nitrogens with one attached hydrogen (secondary N) is 1. The Balaban J connectivity index is 2.31. The van der Waals surface area contributed by atoms with Gasteiger partial charge in [0.25, 0.3) is 0 Å². The van der Waals surface area contributed by atoms with E-state index in [0.29, 0.717) is 0 Å². The second kappa shape index (κ2) is 7.23. The van der Waals surface area contributed by atoms with Crippen molar-refractivity contribution in [3.05, 3.63) is 29.3 Å². The smallest absolute Gasteiger partial charge is 0.119 e. The number of methoxy groups -OCH3 is 1.